The van der Waals surface area contributed by atoms with E-state index in [-0.39, 0.29) is 18.2 Å². The van der Waals surface area contributed by atoms with E-state index in [1.54, 1.807) is 24.3 Å². The van der Waals surface area contributed by atoms with E-state index in [2.05, 4.69) is 27.7 Å². The lowest BCUT2D eigenvalue weighted by molar-refractivity contribution is -0.114. The molecule has 0 unspecified atom stereocenters. The summed E-state index contributed by atoms with van der Waals surface area (Å²) in [4.78, 5) is 25.7. The molecule has 3 rings (SSSR count). The van der Waals surface area contributed by atoms with Crippen LogP contribution in [0.5, 0.6) is 0 Å². The fourth-order valence-corrected chi connectivity index (χ4v) is 3.12. The van der Waals surface area contributed by atoms with Crippen LogP contribution < -0.4 is 15.5 Å². The van der Waals surface area contributed by atoms with Crippen LogP contribution in [0.25, 0.3) is 0 Å². The minimum atomic E-state index is -0.124. The second kappa shape index (κ2) is 8.52. The maximum atomic E-state index is 12.1. The Morgan fingerprint density at radius 2 is 1.50 bits per heavy atom. The van der Waals surface area contributed by atoms with Crippen molar-refractivity contribution in [3.05, 3.63) is 54.1 Å². The summed E-state index contributed by atoms with van der Waals surface area (Å²) in [7, 11) is 0. The number of amides is 1. The molecule has 2 N–H and O–H groups in total. The number of nitrogens with zero attached hydrogens (tertiary/aromatic N) is 1. The first-order valence-corrected chi connectivity index (χ1v) is 9.11. The van der Waals surface area contributed by atoms with Crippen LogP contribution >= 0.6 is 0 Å². The van der Waals surface area contributed by atoms with Crippen LogP contribution in [0.3, 0.4) is 0 Å². The summed E-state index contributed by atoms with van der Waals surface area (Å²) in [5.74, 6) is -0.113. The summed E-state index contributed by atoms with van der Waals surface area (Å²) >= 11 is 0. The van der Waals surface area contributed by atoms with Crippen LogP contribution in [-0.4, -0.2) is 31.3 Å². The van der Waals surface area contributed by atoms with E-state index in [0.29, 0.717) is 11.3 Å². The summed E-state index contributed by atoms with van der Waals surface area (Å²) in [6.07, 6.45) is 3.84. The van der Waals surface area contributed by atoms with Crippen LogP contribution in [0.4, 0.5) is 17.1 Å². The van der Waals surface area contributed by atoms with Gasteiger partial charge in [0.15, 0.2) is 5.78 Å². The molecule has 0 bridgehead atoms. The highest BCUT2D eigenvalue weighted by molar-refractivity contribution is 5.96. The van der Waals surface area contributed by atoms with Gasteiger partial charge in [0.1, 0.15) is 0 Å². The van der Waals surface area contributed by atoms with Gasteiger partial charge in [-0.25, -0.2) is 0 Å². The van der Waals surface area contributed by atoms with Gasteiger partial charge in [0.2, 0.25) is 5.91 Å². The van der Waals surface area contributed by atoms with Gasteiger partial charge >= 0.3 is 0 Å². The van der Waals surface area contributed by atoms with Crippen LogP contribution in [0.2, 0.25) is 0 Å². The Balaban J connectivity index is 1.48. The summed E-state index contributed by atoms with van der Waals surface area (Å²) in [6.45, 7) is 3.96. The van der Waals surface area contributed by atoms with Gasteiger partial charge in [0, 0.05) is 35.7 Å². The molecule has 1 aliphatic rings. The fraction of sp³-hybridized carbons (Fsp3) is 0.333. The van der Waals surface area contributed by atoms with Crippen molar-refractivity contribution in [3.8, 4) is 0 Å². The number of carbonyl (C=O) groups is 2. The Labute approximate surface area is 154 Å². The van der Waals surface area contributed by atoms with E-state index in [4.69, 9.17) is 0 Å². The molecular weight excluding hydrogens is 326 g/mol. The number of carbonyl (C=O) groups excluding carboxylic acids is 2. The van der Waals surface area contributed by atoms with Crippen molar-refractivity contribution in [2.75, 3.05) is 35.2 Å². The normalized spacial score (nSPS) is 14.0. The SMILES string of the molecule is CC(=O)c1ccc(NC(=O)CNc2ccc(N3CCCCC3)cc2)cc1. The van der Waals surface area contributed by atoms with Gasteiger partial charge in [0.25, 0.3) is 0 Å². The Kier molecular flexibility index (Phi) is 5.89. The number of rotatable bonds is 6. The first-order valence-electron chi connectivity index (χ1n) is 9.11. The Morgan fingerprint density at radius 1 is 0.885 bits per heavy atom. The highest BCUT2D eigenvalue weighted by Crippen LogP contribution is 2.21. The van der Waals surface area contributed by atoms with Crippen molar-refractivity contribution < 1.29 is 9.59 Å². The topological polar surface area (TPSA) is 61.4 Å². The molecule has 26 heavy (non-hydrogen) atoms. The van der Waals surface area contributed by atoms with Crippen molar-refractivity contribution >= 4 is 28.8 Å². The molecule has 0 atom stereocenters. The standard InChI is InChI=1S/C21H25N3O2/c1-16(25)17-5-7-19(8-6-17)23-21(26)15-22-18-9-11-20(12-10-18)24-13-3-2-4-14-24/h5-12,22H,2-4,13-15H2,1H3,(H,23,26). The quantitative estimate of drug-likeness (QED) is 0.774. The average Bonchev–Trinajstić information content (AvgIpc) is 2.68. The molecule has 5 nitrogen and oxygen atoms in total. The van der Waals surface area contributed by atoms with E-state index in [9.17, 15) is 9.59 Å². The summed E-state index contributed by atoms with van der Waals surface area (Å²) in [6, 6.07) is 15.1. The van der Waals surface area contributed by atoms with E-state index in [1.807, 2.05) is 12.1 Å². The van der Waals surface area contributed by atoms with Crippen LogP contribution in [0, 0.1) is 0 Å². The van der Waals surface area contributed by atoms with Gasteiger partial charge in [-0.2, -0.15) is 0 Å². The van der Waals surface area contributed by atoms with Crippen molar-refractivity contribution in [2.45, 2.75) is 26.2 Å². The van der Waals surface area contributed by atoms with Crippen molar-refractivity contribution in [3.63, 3.8) is 0 Å². The largest absolute Gasteiger partial charge is 0.376 e. The molecule has 5 heteroatoms. The molecule has 2 aromatic rings. The molecule has 2 aromatic carbocycles. The molecule has 0 radical (unpaired) electrons. The van der Waals surface area contributed by atoms with Crippen molar-refractivity contribution in [2.24, 2.45) is 0 Å². The lowest BCUT2D eigenvalue weighted by Gasteiger charge is -2.28. The van der Waals surface area contributed by atoms with Crippen molar-refractivity contribution in [1.82, 2.24) is 0 Å². The number of nitrogens with one attached hydrogen (secondary N) is 2. The maximum absolute atomic E-state index is 12.1. The summed E-state index contributed by atoms with van der Waals surface area (Å²) in [5.41, 5.74) is 3.48. The van der Waals surface area contributed by atoms with Gasteiger partial charge in [-0.05, 0) is 74.7 Å². The lowest BCUT2D eigenvalue weighted by atomic mass is 10.1. The highest BCUT2D eigenvalue weighted by Gasteiger charge is 2.10. The number of hydrogen-bond donors (Lipinski definition) is 2. The van der Waals surface area contributed by atoms with Crippen molar-refractivity contribution in [1.29, 1.82) is 0 Å². The number of Topliss-reactive ketones (excluding diaryl/α,β-unsaturated/α-hetero) is 1. The molecule has 0 saturated carbocycles. The van der Waals surface area contributed by atoms with Gasteiger partial charge in [0.05, 0.1) is 6.54 Å². The molecular formula is C21H25N3O2. The number of ketones is 1. The molecule has 1 amide bonds. The lowest BCUT2D eigenvalue weighted by Crippen LogP contribution is -2.29. The predicted molar refractivity (Wildman–Crippen MR) is 106 cm³/mol. The van der Waals surface area contributed by atoms with E-state index in [0.717, 1.165) is 18.8 Å². The number of piperidine rings is 1. The zero-order chi connectivity index (χ0) is 18.4. The third kappa shape index (κ3) is 4.85. The van der Waals surface area contributed by atoms with Crippen LogP contribution in [-0.2, 0) is 4.79 Å². The Bertz CT molecular complexity index is 748. The highest BCUT2D eigenvalue weighted by atomic mass is 16.2. The molecule has 0 aliphatic carbocycles. The molecule has 1 fully saturated rings. The number of benzene rings is 2. The molecule has 1 heterocycles. The first kappa shape index (κ1) is 18.0. The van der Waals surface area contributed by atoms with Gasteiger partial charge < -0.3 is 15.5 Å². The number of anilines is 3. The third-order valence-electron chi connectivity index (χ3n) is 4.62. The Morgan fingerprint density at radius 3 is 2.12 bits per heavy atom. The zero-order valence-corrected chi connectivity index (χ0v) is 15.1. The summed E-state index contributed by atoms with van der Waals surface area (Å²) < 4.78 is 0. The van der Waals surface area contributed by atoms with E-state index in [1.165, 1.54) is 31.9 Å². The second-order valence-electron chi connectivity index (χ2n) is 6.63. The van der Waals surface area contributed by atoms with Gasteiger partial charge in [-0.3, -0.25) is 9.59 Å². The monoisotopic (exact) mass is 351 g/mol. The summed E-state index contributed by atoms with van der Waals surface area (Å²) in [5, 5.41) is 5.96. The minimum Gasteiger partial charge on any atom is -0.376 e. The second-order valence-corrected chi connectivity index (χ2v) is 6.63. The first-order chi connectivity index (χ1) is 12.6. The maximum Gasteiger partial charge on any atom is 0.243 e. The molecule has 136 valence electrons. The predicted octanol–water partition coefficient (Wildman–Crippen LogP) is 3.93. The Hall–Kier alpha value is -2.82. The third-order valence-corrected chi connectivity index (χ3v) is 4.62. The van der Waals surface area contributed by atoms with Crippen LogP contribution in [0.1, 0.15) is 36.5 Å². The van der Waals surface area contributed by atoms with Crippen LogP contribution in [0.15, 0.2) is 48.5 Å². The fourth-order valence-electron chi connectivity index (χ4n) is 3.12. The average molecular weight is 351 g/mol. The molecule has 1 saturated heterocycles. The molecule has 1 aliphatic heterocycles. The molecule has 0 aromatic heterocycles. The van der Waals surface area contributed by atoms with E-state index >= 15 is 0 Å². The zero-order valence-electron chi connectivity index (χ0n) is 15.1. The van der Waals surface area contributed by atoms with E-state index < -0.39 is 0 Å². The minimum absolute atomic E-state index is 0.0116. The van der Waals surface area contributed by atoms with Gasteiger partial charge in [-0.1, -0.05) is 0 Å². The van der Waals surface area contributed by atoms with Gasteiger partial charge in [-0.15, -0.1) is 0 Å². The smallest absolute Gasteiger partial charge is 0.243 e. The number of hydrogen-bond acceptors (Lipinski definition) is 4. The molecule has 0 spiro atoms.